The Morgan fingerprint density at radius 3 is 2.61 bits per heavy atom. The van der Waals surface area contributed by atoms with Crippen LogP contribution in [0.5, 0.6) is 0 Å². The van der Waals surface area contributed by atoms with E-state index >= 15 is 0 Å². The first-order valence-electron chi connectivity index (χ1n) is 8.00. The van der Waals surface area contributed by atoms with Crippen molar-refractivity contribution in [2.24, 2.45) is 0 Å². The third kappa shape index (κ3) is 3.67. The zero-order valence-electron chi connectivity index (χ0n) is 12.9. The van der Waals surface area contributed by atoms with E-state index in [2.05, 4.69) is 10.6 Å². The van der Waals surface area contributed by atoms with E-state index in [1.54, 1.807) is 0 Å². The Kier molecular flexibility index (Phi) is 4.87. The van der Waals surface area contributed by atoms with Crippen molar-refractivity contribution in [3.63, 3.8) is 0 Å². The number of carbonyl (C=O) groups excluding carboxylic acids is 2. The molecule has 1 unspecified atom stereocenters. The maximum Gasteiger partial charge on any atom is 0.242 e. The first kappa shape index (κ1) is 16.3. The van der Waals surface area contributed by atoms with Crippen molar-refractivity contribution in [1.29, 1.82) is 0 Å². The van der Waals surface area contributed by atoms with E-state index in [0.29, 0.717) is 37.6 Å². The van der Waals surface area contributed by atoms with Crippen LogP contribution in [0.4, 0.5) is 0 Å². The molecule has 0 aromatic heterocycles. The predicted molar refractivity (Wildman–Crippen MR) is 87.4 cm³/mol. The molecule has 0 aliphatic carbocycles. The van der Waals surface area contributed by atoms with Gasteiger partial charge >= 0.3 is 0 Å². The highest BCUT2D eigenvalue weighted by molar-refractivity contribution is 6.30. The van der Waals surface area contributed by atoms with Crippen molar-refractivity contribution >= 4 is 23.4 Å². The van der Waals surface area contributed by atoms with Crippen molar-refractivity contribution in [3.8, 4) is 0 Å². The summed E-state index contributed by atoms with van der Waals surface area (Å²) < 4.78 is 5.49. The Bertz CT molecular complexity index is 582. The Hall–Kier alpha value is -1.59. The first-order valence-corrected chi connectivity index (χ1v) is 8.38. The molecule has 124 valence electrons. The second-order valence-electron chi connectivity index (χ2n) is 6.28. The van der Waals surface area contributed by atoms with Gasteiger partial charge in [0, 0.05) is 36.6 Å². The van der Waals surface area contributed by atoms with E-state index in [1.165, 1.54) is 5.56 Å². The molecule has 2 amide bonds. The molecule has 2 N–H and O–H groups in total. The third-order valence-corrected chi connectivity index (χ3v) is 5.07. The van der Waals surface area contributed by atoms with Crippen LogP contribution in [0.2, 0.25) is 5.02 Å². The van der Waals surface area contributed by atoms with E-state index in [9.17, 15) is 9.59 Å². The van der Waals surface area contributed by atoms with Crippen LogP contribution in [0.25, 0.3) is 0 Å². The maximum atomic E-state index is 12.3. The molecule has 2 saturated heterocycles. The molecule has 5 nitrogen and oxygen atoms in total. The van der Waals surface area contributed by atoms with Crippen molar-refractivity contribution in [3.05, 3.63) is 34.9 Å². The molecule has 0 spiro atoms. The molecular weight excluding hydrogens is 316 g/mol. The summed E-state index contributed by atoms with van der Waals surface area (Å²) in [4.78, 5) is 23.5. The lowest BCUT2D eigenvalue weighted by molar-refractivity contribution is -0.126. The second-order valence-corrected chi connectivity index (χ2v) is 6.71. The molecular formula is C17H21ClN2O3. The average molecular weight is 337 g/mol. The number of ether oxygens (including phenoxy) is 1. The van der Waals surface area contributed by atoms with Gasteiger partial charge in [-0.15, -0.1) is 0 Å². The largest absolute Gasteiger partial charge is 0.381 e. The van der Waals surface area contributed by atoms with Crippen LogP contribution in [-0.4, -0.2) is 37.6 Å². The summed E-state index contributed by atoms with van der Waals surface area (Å²) in [6.07, 6.45) is 2.70. The van der Waals surface area contributed by atoms with E-state index in [4.69, 9.17) is 16.3 Å². The Labute approximate surface area is 140 Å². The van der Waals surface area contributed by atoms with Gasteiger partial charge in [0.2, 0.25) is 11.8 Å². The van der Waals surface area contributed by atoms with Crippen LogP contribution < -0.4 is 10.6 Å². The summed E-state index contributed by atoms with van der Waals surface area (Å²) >= 11 is 5.99. The SMILES string of the molecule is O=C1CCC(C(=O)NCC2(c3ccc(Cl)cc3)CCOCC2)N1. The van der Waals surface area contributed by atoms with Crippen molar-refractivity contribution in [2.75, 3.05) is 19.8 Å². The third-order valence-electron chi connectivity index (χ3n) is 4.82. The van der Waals surface area contributed by atoms with Crippen LogP contribution in [0.1, 0.15) is 31.2 Å². The van der Waals surface area contributed by atoms with Gasteiger partial charge < -0.3 is 15.4 Å². The van der Waals surface area contributed by atoms with Crippen LogP contribution in [0.15, 0.2) is 24.3 Å². The minimum absolute atomic E-state index is 0.0522. The Morgan fingerprint density at radius 2 is 2.00 bits per heavy atom. The number of amides is 2. The van der Waals surface area contributed by atoms with E-state index < -0.39 is 6.04 Å². The predicted octanol–water partition coefficient (Wildman–Crippen LogP) is 1.78. The monoisotopic (exact) mass is 336 g/mol. The van der Waals surface area contributed by atoms with E-state index in [0.717, 1.165) is 12.8 Å². The molecule has 3 rings (SSSR count). The van der Waals surface area contributed by atoms with E-state index in [1.807, 2.05) is 24.3 Å². The molecule has 0 saturated carbocycles. The number of hydrogen-bond donors (Lipinski definition) is 2. The van der Waals surface area contributed by atoms with Gasteiger partial charge in [-0.2, -0.15) is 0 Å². The summed E-state index contributed by atoms with van der Waals surface area (Å²) in [5.74, 6) is -0.153. The molecule has 1 aromatic rings. The second kappa shape index (κ2) is 6.89. The Balaban J connectivity index is 1.70. The Morgan fingerprint density at radius 1 is 1.30 bits per heavy atom. The summed E-state index contributed by atoms with van der Waals surface area (Å²) in [5, 5.41) is 6.44. The summed E-state index contributed by atoms with van der Waals surface area (Å²) in [6.45, 7) is 1.90. The van der Waals surface area contributed by atoms with Crippen molar-refractivity contribution in [1.82, 2.24) is 10.6 Å². The number of benzene rings is 1. The zero-order valence-corrected chi connectivity index (χ0v) is 13.7. The van der Waals surface area contributed by atoms with Gasteiger partial charge in [-0.05, 0) is 37.0 Å². The topological polar surface area (TPSA) is 67.4 Å². The molecule has 2 heterocycles. The van der Waals surface area contributed by atoms with Gasteiger partial charge in [-0.25, -0.2) is 0 Å². The lowest BCUT2D eigenvalue weighted by Gasteiger charge is -2.38. The fraction of sp³-hybridized carbons (Fsp3) is 0.529. The lowest BCUT2D eigenvalue weighted by atomic mass is 9.74. The number of nitrogens with one attached hydrogen (secondary N) is 2. The van der Waals surface area contributed by atoms with Gasteiger partial charge in [0.15, 0.2) is 0 Å². The van der Waals surface area contributed by atoms with E-state index in [-0.39, 0.29) is 17.2 Å². The maximum absolute atomic E-state index is 12.3. The molecule has 2 aliphatic heterocycles. The molecule has 0 radical (unpaired) electrons. The molecule has 0 bridgehead atoms. The number of rotatable bonds is 4. The fourth-order valence-corrected chi connectivity index (χ4v) is 3.45. The van der Waals surface area contributed by atoms with Crippen LogP contribution >= 0.6 is 11.6 Å². The summed E-state index contributed by atoms with van der Waals surface area (Å²) in [6, 6.07) is 7.42. The van der Waals surface area contributed by atoms with Crippen molar-refractivity contribution < 1.29 is 14.3 Å². The molecule has 2 aliphatic rings. The number of carbonyl (C=O) groups is 2. The molecule has 1 atom stereocenters. The molecule has 2 fully saturated rings. The van der Waals surface area contributed by atoms with Gasteiger partial charge in [-0.3, -0.25) is 9.59 Å². The van der Waals surface area contributed by atoms with Gasteiger partial charge in [-0.1, -0.05) is 23.7 Å². The smallest absolute Gasteiger partial charge is 0.242 e. The summed E-state index contributed by atoms with van der Waals surface area (Å²) in [7, 11) is 0. The van der Waals surface area contributed by atoms with Crippen LogP contribution in [0, 0.1) is 0 Å². The van der Waals surface area contributed by atoms with Gasteiger partial charge in [0.25, 0.3) is 0 Å². The molecule has 6 heteroatoms. The highest BCUT2D eigenvalue weighted by Crippen LogP contribution is 2.35. The molecule has 23 heavy (non-hydrogen) atoms. The quantitative estimate of drug-likeness (QED) is 0.880. The normalized spacial score (nSPS) is 23.3. The van der Waals surface area contributed by atoms with Crippen molar-refractivity contribution in [2.45, 2.75) is 37.1 Å². The highest BCUT2D eigenvalue weighted by Gasteiger charge is 2.36. The van der Waals surface area contributed by atoms with Gasteiger partial charge in [0.1, 0.15) is 6.04 Å². The fourth-order valence-electron chi connectivity index (χ4n) is 3.32. The van der Waals surface area contributed by atoms with Crippen LogP contribution in [0.3, 0.4) is 0 Å². The first-order chi connectivity index (χ1) is 11.1. The molecule has 1 aromatic carbocycles. The number of hydrogen-bond acceptors (Lipinski definition) is 3. The zero-order chi connectivity index (χ0) is 16.3. The minimum Gasteiger partial charge on any atom is -0.381 e. The lowest BCUT2D eigenvalue weighted by Crippen LogP contribution is -2.49. The van der Waals surface area contributed by atoms with Gasteiger partial charge in [0.05, 0.1) is 0 Å². The highest BCUT2D eigenvalue weighted by atomic mass is 35.5. The van der Waals surface area contributed by atoms with Crippen LogP contribution in [-0.2, 0) is 19.7 Å². The number of halogens is 1. The minimum atomic E-state index is -0.399. The average Bonchev–Trinajstić information content (AvgIpc) is 3.01. The summed E-state index contributed by atoms with van der Waals surface area (Å²) in [5.41, 5.74) is 1.03. The standard InChI is InChI=1S/C17H21ClN2O3/c18-13-3-1-12(2-4-13)17(7-9-23-10-8-17)11-19-16(22)14-5-6-15(21)20-14/h1-4,14H,5-11H2,(H,19,22)(H,20,21).